The minimum absolute atomic E-state index is 0.0555. The van der Waals surface area contributed by atoms with E-state index >= 15 is 0 Å². The molecule has 1 atom stereocenters. The van der Waals surface area contributed by atoms with Gasteiger partial charge in [0.25, 0.3) is 5.91 Å². The highest BCUT2D eigenvalue weighted by Crippen LogP contribution is 2.32. The fourth-order valence-electron chi connectivity index (χ4n) is 6.87. The summed E-state index contributed by atoms with van der Waals surface area (Å²) in [7, 11) is 0. The number of benzene rings is 3. The molecule has 2 aliphatic heterocycles. The summed E-state index contributed by atoms with van der Waals surface area (Å²) in [6.07, 6.45) is 4.83. The average Bonchev–Trinajstić information content (AvgIpc) is 3.43. The zero-order valence-electron chi connectivity index (χ0n) is 26.7. The van der Waals surface area contributed by atoms with Crippen LogP contribution in [-0.2, 0) is 13.0 Å². The third-order valence-electron chi connectivity index (χ3n) is 9.05. The van der Waals surface area contributed by atoms with Gasteiger partial charge in [0.1, 0.15) is 0 Å². The van der Waals surface area contributed by atoms with Crippen LogP contribution in [0.3, 0.4) is 0 Å². The van der Waals surface area contributed by atoms with E-state index in [0.717, 1.165) is 80.4 Å². The number of carbonyl (C=O) groups is 1. The second-order valence-electron chi connectivity index (χ2n) is 12.2. The molecule has 2 fully saturated rings. The maximum Gasteiger partial charge on any atom is 0.256 e. The first-order valence-electron chi connectivity index (χ1n) is 16.2. The Morgan fingerprint density at radius 3 is 2.27 bits per heavy atom. The lowest BCUT2D eigenvalue weighted by atomic mass is 9.99. The van der Waals surface area contributed by atoms with Crippen molar-refractivity contribution in [3.8, 4) is 5.69 Å². The standard InChI is InChI=1S/C39H45N5O/c1-4-12-30(2)38-37(25-31(3)44(38)35-18-11-17-34(27-35)42-21-19-40-20-22-42)39(45)43-24-23-41(28-33-15-9-6-10-16-33)29-36(43)26-32-13-7-5-8-14-32/h4-18,25,27,36,40H,2,19-24,26,28-29H2,1,3H3/b12-4-/t36-/m1/s1. The van der Waals surface area contributed by atoms with E-state index in [9.17, 15) is 4.79 Å². The molecule has 4 aromatic rings. The summed E-state index contributed by atoms with van der Waals surface area (Å²) in [5, 5.41) is 3.45. The van der Waals surface area contributed by atoms with Gasteiger partial charge in [0.15, 0.2) is 0 Å². The Morgan fingerprint density at radius 1 is 0.867 bits per heavy atom. The molecule has 0 spiro atoms. The fourth-order valence-corrected chi connectivity index (χ4v) is 6.87. The number of hydrogen-bond donors (Lipinski definition) is 1. The summed E-state index contributed by atoms with van der Waals surface area (Å²) in [4.78, 5) is 21.8. The second-order valence-corrected chi connectivity index (χ2v) is 12.2. The number of aryl methyl sites for hydroxylation is 1. The smallest absolute Gasteiger partial charge is 0.256 e. The molecular formula is C39H45N5O. The molecule has 2 aliphatic rings. The molecule has 2 saturated heterocycles. The Labute approximate surface area is 268 Å². The lowest BCUT2D eigenvalue weighted by molar-refractivity contribution is 0.0438. The molecule has 6 nitrogen and oxygen atoms in total. The number of nitrogens with zero attached hydrogens (tertiary/aromatic N) is 4. The quantitative estimate of drug-likeness (QED) is 0.228. The van der Waals surface area contributed by atoms with Crippen LogP contribution in [0.5, 0.6) is 0 Å². The molecule has 1 amide bonds. The van der Waals surface area contributed by atoms with Crippen LogP contribution in [0.2, 0.25) is 0 Å². The summed E-state index contributed by atoms with van der Waals surface area (Å²) in [6.45, 7) is 15.7. The Hall–Kier alpha value is -4.39. The molecule has 0 radical (unpaired) electrons. The van der Waals surface area contributed by atoms with Crippen LogP contribution in [0.4, 0.5) is 5.69 Å². The zero-order chi connectivity index (χ0) is 31.2. The first-order chi connectivity index (χ1) is 22.0. The molecule has 232 valence electrons. The van der Waals surface area contributed by atoms with Crippen LogP contribution in [0.25, 0.3) is 11.3 Å². The van der Waals surface area contributed by atoms with Crippen LogP contribution < -0.4 is 10.2 Å². The van der Waals surface area contributed by atoms with Gasteiger partial charge in [-0.05, 0) is 61.2 Å². The number of hydrogen-bond acceptors (Lipinski definition) is 4. The Kier molecular flexibility index (Phi) is 9.63. The van der Waals surface area contributed by atoms with Gasteiger partial charge >= 0.3 is 0 Å². The molecular weight excluding hydrogens is 554 g/mol. The molecule has 1 N–H and O–H groups in total. The number of anilines is 1. The van der Waals surface area contributed by atoms with Gasteiger partial charge in [0.05, 0.1) is 11.3 Å². The van der Waals surface area contributed by atoms with Gasteiger partial charge in [-0.2, -0.15) is 0 Å². The third kappa shape index (κ3) is 6.98. The molecule has 0 saturated carbocycles. The maximum absolute atomic E-state index is 14.7. The van der Waals surface area contributed by atoms with E-state index < -0.39 is 0 Å². The molecule has 0 unspecified atom stereocenters. The van der Waals surface area contributed by atoms with Crippen molar-refractivity contribution in [1.29, 1.82) is 0 Å². The highest BCUT2D eigenvalue weighted by molar-refractivity contribution is 6.00. The predicted molar refractivity (Wildman–Crippen MR) is 186 cm³/mol. The van der Waals surface area contributed by atoms with Crippen molar-refractivity contribution in [2.75, 3.05) is 50.7 Å². The van der Waals surface area contributed by atoms with Crippen molar-refractivity contribution < 1.29 is 4.79 Å². The number of piperazine rings is 2. The molecule has 0 bridgehead atoms. The Balaban J connectivity index is 1.35. The van der Waals surface area contributed by atoms with E-state index in [1.807, 2.05) is 19.1 Å². The van der Waals surface area contributed by atoms with Gasteiger partial charge in [-0.25, -0.2) is 0 Å². The van der Waals surface area contributed by atoms with Crippen molar-refractivity contribution in [3.05, 3.63) is 138 Å². The highest BCUT2D eigenvalue weighted by atomic mass is 16.2. The van der Waals surface area contributed by atoms with E-state index in [1.165, 1.54) is 16.8 Å². The fraction of sp³-hybridized carbons (Fsp3) is 0.308. The van der Waals surface area contributed by atoms with Gasteiger partial charge in [0.2, 0.25) is 0 Å². The first-order valence-corrected chi connectivity index (χ1v) is 16.2. The lowest BCUT2D eigenvalue weighted by Gasteiger charge is -2.42. The lowest BCUT2D eigenvalue weighted by Crippen LogP contribution is -2.55. The van der Waals surface area contributed by atoms with Gasteiger partial charge < -0.3 is 19.7 Å². The minimum Gasteiger partial charge on any atom is -0.369 e. The van der Waals surface area contributed by atoms with E-state index in [-0.39, 0.29) is 11.9 Å². The highest BCUT2D eigenvalue weighted by Gasteiger charge is 2.34. The SMILES string of the molecule is C=C(/C=C\C)c1c(C(=O)N2CCN(Cc3ccccc3)C[C@H]2Cc2ccccc2)cc(C)n1-c1cccc(N2CCNCC2)c1. The number of carbonyl (C=O) groups excluding carboxylic acids is 1. The molecule has 6 rings (SSSR count). The van der Waals surface area contributed by atoms with Crippen molar-refractivity contribution in [3.63, 3.8) is 0 Å². The summed E-state index contributed by atoms with van der Waals surface area (Å²) in [5.74, 6) is 0.0797. The number of rotatable bonds is 9. The van der Waals surface area contributed by atoms with Gasteiger partial charge in [-0.3, -0.25) is 9.69 Å². The van der Waals surface area contributed by atoms with E-state index in [2.05, 4.69) is 129 Å². The summed E-state index contributed by atoms with van der Waals surface area (Å²) >= 11 is 0. The maximum atomic E-state index is 14.7. The molecule has 45 heavy (non-hydrogen) atoms. The monoisotopic (exact) mass is 599 g/mol. The average molecular weight is 600 g/mol. The third-order valence-corrected chi connectivity index (χ3v) is 9.05. The van der Waals surface area contributed by atoms with Crippen LogP contribution in [0.15, 0.2) is 110 Å². The number of nitrogens with one attached hydrogen (secondary N) is 1. The molecule has 1 aromatic heterocycles. The van der Waals surface area contributed by atoms with Crippen molar-refractivity contribution in [2.24, 2.45) is 0 Å². The summed E-state index contributed by atoms with van der Waals surface area (Å²) in [5.41, 5.74) is 8.26. The number of aromatic nitrogens is 1. The van der Waals surface area contributed by atoms with E-state index in [4.69, 9.17) is 0 Å². The Morgan fingerprint density at radius 2 is 1.56 bits per heavy atom. The predicted octanol–water partition coefficient (Wildman–Crippen LogP) is 6.35. The zero-order valence-corrected chi connectivity index (χ0v) is 26.7. The van der Waals surface area contributed by atoms with Crippen LogP contribution in [0.1, 0.15) is 39.8 Å². The van der Waals surface area contributed by atoms with Crippen LogP contribution >= 0.6 is 0 Å². The normalized spacial score (nSPS) is 17.6. The first kappa shape index (κ1) is 30.6. The second kappa shape index (κ2) is 14.1. The molecule has 3 heterocycles. The summed E-state index contributed by atoms with van der Waals surface area (Å²) in [6, 6.07) is 32.0. The molecule has 0 aliphatic carbocycles. The van der Waals surface area contributed by atoms with Gasteiger partial charge in [-0.1, -0.05) is 85.5 Å². The van der Waals surface area contributed by atoms with Gasteiger partial charge in [0, 0.05) is 75.5 Å². The van der Waals surface area contributed by atoms with E-state index in [0.29, 0.717) is 6.54 Å². The molecule has 6 heteroatoms. The van der Waals surface area contributed by atoms with Crippen molar-refractivity contribution in [2.45, 2.75) is 32.9 Å². The number of amides is 1. The van der Waals surface area contributed by atoms with Crippen molar-refractivity contribution >= 4 is 17.2 Å². The van der Waals surface area contributed by atoms with Crippen LogP contribution in [-0.4, -0.2) is 72.1 Å². The van der Waals surface area contributed by atoms with Crippen LogP contribution in [0, 0.1) is 6.92 Å². The summed E-state index contributed by atoms with van der Waals surface area (Å²) < 4.78 is 2.22. The largest absolute Gasteiger partial charge is 0.369 e. The van der Waals surface area contributed by atoms with Crippen molar-refractivity contribution in [1.82, 2.24) is 19.7 Å². The topological polar surface area (TPSA) is 43.8 Å². The Bertz CT molecular complexity index is 1630. The minimum atomic E-state index is 0.0555. The van der Waals surface area contributed by atoms with E-state index in [1.54, 1.807) is 0 Å². The number of allylic oxidation sites excluding steroid dienone is 3. The van der Waals surface area contributed by atoms with Gasteiger partial charge in [-0.15, -0.1) is 0 Å². The molecule has 3 aromatic carbocycles.